The molecule has 2 aromatic rings. The van der Waals surface area contributed by atoms with Gasteiger partial charge >= 0.3 is 11.9 Å². The fourth-order valence-electron chi connectivity index (χ4n) is 1.87. The van der Waals surface area contributed by atoms with Gasteiger partial charge in [-0.25, -0.2) is 9.59 Å². The smallest absolute Gasteiger partial charge is 0.356 e. The van der Waals surface area contributed by atoms with E-state index in [1.54, 1.807) is 13.8 Å². The summed E-state index contributed by atoms with van der Waals surface area (Å²) in [5, 5.41) is 30.6. The zero-order valence-corrected chi connectivity index (χ0v) is 10.3. The standard InChI is InChI=1S/C11H12N4O4/c1-4-6(8(10(16)17)14-12-4)3-7-5(2)13-15-9(7)11(18)19/h3H2,1-2H3,(H,12,14)(H,13,15)(H,16,17)(H,18,19). The second-order valence-electron chi connectivity index (χ2n) is 4.14. The zero-order chi connectivity index (χ0) is 14.2. The Labute approximate surface area is 107 Å². The van der Waals surface area contributed by atoms with Gasteiger partial charge in [-0.3, -0.25) is 10.2 Å². The highest BCUT2D eigenvalue weighted by molar-refractivity contribution is 5.89. The van der Waals surface area contributed by atoms with Crippen molar-refractivity contribution in [3.8, 4) is 0 Å². The lowest BCUT2D eigenvalue weighted by atomic mass is 10.0. The number of aromatic carboxylic acids is 2. The Morgan fingerprint density at radius 1 is 0.947 bits per heavy atom. The van der Waals surface area contributed by atoms with Crippen LogP contribution in [0.4, 0.5) is 0 Å². The molecule has 4 N–H and O–H groups in total. The number of hydrogen-bond donors (Lipinski definition) is 4. The molecule has 0 amide bonds. The average Bonchev–Trinajstić information content (AvgIpc) is 2.85. The molecule has 100 valence electrons. The third-order valence-electron chi connectivity index (χ3n) is 2.91. The van der Waals surface area contributed by atoms with E-state index in [1.807, 2.05) is 0 Å². The van der Waals surface area contributed by atoms with Gasteiger partial charge in [0.15, 0.2) is 11.4 Å². The molecule has 2 aromatic heterocycles. The predicted octanol–water partition coefficient (Wildman–Crippen LogP) is 0.737. The third kappa shape index (κ3) is 2.19. The second-order valence-corrected chi connectivity index (χ2v) is 4.14. The van der Waals surface area contributed by atoms with Crippen LogP contribution < -0.4 is 0 Å². The summed E-state index contributed by atoms with van der Waals surface area (Å²) in [4.78, 5) is 22.1. The van der Waals surface area contributed by atoms with E-state index in [1.165, 1.54) is 0 Å². The molecule has 0 aliphatic rings. The number of aromatic nitrogens is 4. The Hall–Kier alpha value is -2.64. The van der Waals surface area contributed by atoms with E-state index in [0.717, 1.165) is 0 Å². The van der Waals surface area contributed by atoms with Gasteiger partial charge in [0.25, 0.3) is 0 Å². The van der Waals surface area contributed by atoms with Crippen LogP contribution in [0.2, 0.25) is 0 Å². The minimum Gasteiger partial charge on any atom is -0.476 e. The van der Waals surface area contributed by atoms with E-state index in [9.17, 15) is 9.59 Å². The molecule has 0 aliphatic heterocycles. The summed E-state index contributed by atoms with van der Waals surface area (Å²) in [6.07, 6.45) is 0.147. The molecule has 0 spiro atoms. The molecule has 0 aliphatic carbocycles. The largest absolute Gasteiger partial charge is 0.476 e. The molecule has 0 saturated heterocycles. The Morgan fingerprint density at radius 2 is 1.32 bits per heavy atom. The van der Waals surface area contributed by atoms with Gasteiger partial charge in [0, 0.05) is 28.9 Å². The van der Waals surface area contributed by atoms with Crippen molar-refractivity contribution in [2.24, 2.45) is 0 Å². The van der Waals surface area contributed by atoms with Gasteiger partial charge in [0.1, 0.15) is 0 Å². The topological polar surface area (TPSA) is 132 Å². The molecule has 8 nitrogen and oxygen atoms in total. The molecular formula is C11H12N4O4. The number of aromatic amines is 2. The number of hydrogen-bond acceptors (Lipinski definition) is 4. The molecule has 8 heteroatoms. The molecule has 0 fully saturated rings. The van der Waals surface area contributed by atoms with Crippen LogP contribution in [-0.4, -0.2) is 42.5 Å². The molecule has 0 saturated carbocycles. The summed E-state index contributed by atoms with van der Waals surface area (Å²) in [5.74, 6) is -2.31. The molecule has 0 bridgehead atoms. The number of carboxylic acids is 2. The van der Waals surface area contributed by atoms with E-state index >= 15 is 0 Å². The molecule has 19 heavy (non-hydrogen) atoms. The average molecular weight is 264 g/mol. The summed E-state index contributed by atoms with van der Waals surface area (Å²) in [6.45, 7) is 3.37. The first-order chi connectivity index (χ1) is 8.91. The van der Waals surface area contributed by atoms with Gasteiger partial charge in [-0.1, -0.05) is 0 Å². The van der Waals surface area contributed by atoms with Crippen LogP contribution >= 0.6 is 0 Å². The summed E-state index contributed by atoms with van der Waals surface area (Å²) in [5.41, 5.74) is 1.89. The first-order valence-electron chi connectivity index (χ1n) is 5.46. The Bertz CT molecular complexity index is 599. The van der Waals surface area contributed by atoms with E-state index in [0.29, 0.717) is 22.5 Å². The monoisotopic (exact) mass is 264 g/mol. The van der Waals surface area contributed by atoms with Crippen LogP contribution in [0.3, 0.4) is 0 Å². The van der Waals surface area contributed by atoms with Crippen LogP contribution in [0.15, 0.2) is 0 Å². The molecule has 2 rings (SSSR count). The van der Waals surface area contributed by atoms with Crippen molar-refractivity contribution in [2.45, 2.75) is 20.3 Å². The lowest BCUT2D eigenvalue weighted by Gasteiger charge is -2.02. The van der Waals surface area contributed by atoms with Crippen LogP contribution in [0.25, 0.3) is 0 Å². The lowest BCUT2D eigenvalue weighted by Crippen LogP contribution is -2.06. The van der Waals surface area contributed by atoms with Crippen molar-refractivity contribution in [3.63, 3.8) is 0 Å². The minimum absolute atomic E-state index is 0.102. The van der Waals surface area contributed by atoms with E-state index < -0.39 is 11.9 Å². The Kier molecular flexibility index (Phi) is 3.07. The highest BCUT2D eigenvalue weighted by Gasteiger charge is 2.22. The number of aryl methyl sites for hydroxylation is 2. The molecule has 0 radical (unpaired) electrons. The van der Waals surface area contributed by atoms with E-state index in [-0.39, 0.29) is 17.8 Å². The second kappa shape index (κ2) is 4.56. The summed E-state index contributed by atoms with van der Waals surface area (Å²) < 4.78 is 0. The quantitative estimate of drug-likeness (QED) is 0.643. The van der Waals surface area contributed by atoms with Gasteiger partial charge in [-0.05, 0) is 13.8 Å². The maximum Gasteiger partial charge on any atom is 0.356 e. The van der Waals surface area contributed by atoms with Gasteiger partial charge in [-0.15, -0.1) is 0 Å². The number of carbonyl (C=O) groups is 2. The van der Waals surface area contributed by atoms with Crippen LogP contribution in [0.1, 0.15) is 43.5 Å². The van der Waals surface area contributed by atoms with Crippen molar-refractivity contribution in [1.29, 1.82) is 0 Å². The summed E-state index contributed by atoms with van der Waals surface area (Å²) in [6, 6.07) is 0. The first-order valence-corrected chi connectivity index (χ1v) is 5.46. The van der Waals surface area contributed by atoms with Crippen LogP contribution in [0, 0.1) is 13.8 Å². The first kappa shape index (κ1) is 12.8. The summed E-state index contributed by atoms with van der Waals surface area (Å²) >= 11 is 0. The maximum absolute atomic E-state index is 11.0. The predicted molar refractivity (Wildman–Crippen MR) is 63.4 cm³/mol. The highest BCUT2D eigenvalue weighted by atomic mass is 16.4. The maximum atomic E-state index is 11.0. The van der Waals surface area contributed by atoms with Crippen molar-refractivity contribution in [3.05, 3.63) is 33.9 Å². The van der Waals surface area contributed by atoms with Gasteiger partial charge < -0.3 is 10.2 Å². The van der Waals surface area contributed by atoms with Gasteiger partial charge in [0.2, 0.25) is 0 Å². The molecular weight excluding hydrogens is 252 g/mol. The number of carboxylic acid groups (broad SMARTS) is 2. The zero-order valence-electron chi connectivity index (χ0n) is 10.3. The number of nitrogens with one attached hydrogen (secondary N) is 2. The third-order valence-corrected chi connectivity index (χ3v) is 2.91. The molecule has 0 aromatic carbocycles. The van der Waals surface area contributed by atoms with Crippen molar-refractivity contribution in [2.75, 3.05) is 0 Å². The lowest BCUT2D eigenvalue weighted by molar-refractivity contribution is 0.0680. The van der Waals surface area contributed by atoms with Crippen molar-refractivity contribution >= 4 is 11.9 Å². The highest BCUT2D eigenvalue weighted by Crippen LogP contribution is 2.20. The fourth-order valence-corrected chi connectivity index (χ4v) is 1.87. The van der Waals surface area contributed by atoms with Crippen LogP contribution in [-0.2, 0) is 6.42 Å². The van der Waals surface area contributed by atoms with E-state index in [2.05, 4.69) is 20.4 Å². The SMILES string of the molecule is Cc1[nH]nc(C(=O)O)c1Cc1c(C(=O)O)n[nH]c1C. The molecule has 2 heterocycles. The van der Waals surface area contributed by atoms with Crippen molar-refractivity contribution in [1.82, 2.24) is 20.4 Å². The molecule has 0 unspecified atom stereocenters. The van der Waals surface area contributed by atoms with E-state index in [4.69, 9.17) is 10.2 Å². The Morgan fingerprint density at radius 3 is 1.63 bits per heavy atom. The Balaban J connectivity index is 2.47. The minimum atomic E-state index is -1.16. The number of H-pyrrole nitrogens is 2. The number of rotatable bonds is 4. The number of nitrogens with zero attached hydrogens (tertiary/aromatic N) is 2. The van der Waals surface area contributed by atoms with Crippen molar-refractivity contribution < 1.29 is 19.8 Å². The fraction of sp³-hybridized carbons (Fsp3) is 0.273. The van der Waals surface area contributed by atoms with Gasteiger partial charge in [0.05, 0.1) is 0 Å². The van der Waals surface area contributed by atoms with Crippen LogP contribution in [0.5, 0.6) is 0 Å². The normalized spacial score (nSPS) is 10.6. The molecule has 0 atom stereocenters. The summed E-state index contributed by atoms with van der Waals surface area (Å²) in [7, 11) is 0. The van der Waals surface area contributed by atoms with Gasteiger partial charge in [-0.2, -0.15) is 10.2 Å².